The van der Waals surface area contributed by atoms with Crippen LogP contribution in [0.15, 0.2) is 47.4 Å². The summed E-state index contributed by atoms with van der Waals surface area (Å²) < 4.78 is 95.3. The highest BCUT2D eigenvalue weighted by Gasteiger charge is 2.61. The van der Waals surface area contributed by atoms with Crippen molar-refractivity contribution < 1.29 is 40.3 Å². The molecule has 0 spiro atoms. The summed E-state index contributed by atoms with van der Waals surface area (Å²) in [6.45, 7) is 3.31. The molecule has 38 heavy (non-hydrogen) atoms. The zero-order valence-corrected chi connectivity index (χ0v) is 21.9. The molecule has 3 atom stereocenters. The van der Waals surface area contributed by atoms with Crippen LogP contribution < -0.4 is 5.32 Å². The van der Waals surface area contributed by atoms with Crippen LogP contribution in [-0.4, -0.2) is 55.4 Å². The minimum atomic E-state index is -5.18. The molecule has 1 aliphatic carbocycles. The Labute approximate surface area is 217 Å². The Bertz CT molecular complexity index is 1340. The van der Waals surface area contributed by atoms with Crippen molar-refractivity contribution in [3.8, 4) is 0 Å². The average Bonchev–Trinajstić information content (AvgIpc) is 3.23. The number of carbonyl (C=O) groups excluding carboxylic acids is 1. The van der Waals surface area contributed by atoms with Crippen LogP contribution in [0.4, 0.5) is 26.7 Å². The number of halogens is 5. The number of benzene rings is 2. The van der Waals surface area contributed by atoms with Crippen molar-refractivity contribution in [3.05, 3.63) is 65.0 Å². The number of urea groups is 1. The Kier molecular flexibility index (Phi) is 6.83. The van der Waals surface area contributed by atoms with E-state index in [4.69, 9.17) is 0 Å². The molecule has 2 amide bonds. The summed E-state index contributed by atoms with van der Waals surface area (Å²) in [5, 5.41) is 12.6. The van der Waals surface area contributed by atoms with Gasteiger partial charge < -0.3 is 15.3 Å². The number of hydrogen-bond acceptors (Lipinski definition) is 4. The van der Waals surface area contributed by atoms with Crippen LogP contribution in [0.1, 0.15) is 50.3 Å². The Hall–Kier alpha value is -2.73. The fourth-order valence-electron chi connectivity index (χ4n) is 5.44. The van der Waals surface area contributed by atoms with Gasteiger partial charge >= 0.3 is 12.2 Å². The number of rotatable bonds is 5. The first-order chi connectivity index (χ1) is 17.4. The van der Waals surface area contributed by atoms with E-state index in [9.17, 15) is 40.3 Å². The molecule has 2 N–H and O–H groups in total. The Morgan fingerprint density at radius 3 is 2.32 bits per heavy atom. The lowest BCUT2D eigenvalue weighted by atomic mass is 9.77. The Morgan fingerprint density at radius 2 is 1.74 bits per heavy atom. The molecule has 1 unspecified atom stereocenters. The van der Waals surface area contributed by atoms with Crippen molar-refractivity contribution in [3.63, 3.8) is 0 Å². The molecule has 4 rings (SSSR count). The summed E-state index contributed by atoms with van der Waals surface area (Å²) in [6, 6.07) is 5.90. The summed E-state index contributed by atoms with van der Waals surface area (Å²) in [4.78, 5) is 14.2. The van der Waals surface area contributed by atoms with Gasteiger partial charge in [-0.2, -0.15) is 13.2 Å². The van der Waals surface area contributed by atoms with Crippen molar-refractivity contribution >= 4 is 15.9 Å². The first-order valence-corrected chi connectivity index (χ1v) is 13.6. The van der Waals surface area contributed by atoms with Gasteiger partial charge in [0.25, 0.3) is 0 Å². The minimum Gasteiger partial charge on any atom is -0.389 e. The quantitative estimate of drug-likeness (QED) is 0.409. The van der Waals surface area contributed by atoms with Crippen molar-refractivity contribution in [1.29, 1.82) is 0 Å². The molecule has 0 radical (unpaired) electrons. The first kappa shape index (κ1) is 28.3. The molecule has 0 bridgehead atoms. The van der Waals surface area contributed by atoms with E-state index in [1.165, 1.54) is 24.8 Å². The molecule has 1 fully saturated rings. The molecule has 2 aliphatic rings. The van der Waals surface area contributed by atoms with E-state index in [1.54, 1.807) is 0 Å². The van der Waals surface area contributed by atoms with Crippen molar-refractivity contribution in [2.24, 2.45) is 0 Å². The van der Waals surface area contributed by atoms with Crippen LogP contribution in [0.25, 0.3) is 0 Å². The molecule has 1 aliphatic heterocycles. The van der Waals surface area contributed by atoms with E-state index in [2.05, 4.69) is 5.32 Å². The van der Waals surface area contributed by atoms with E-state index in [-0.39, 0.29) is 48.4 Å². The van der Waals surface area contributed by atoms with Gasteiger partial charge in [-0.15, -0.1) is 0 Å². The van der Waals surface area contributed by atoms with Gasteiger partial charge in [-0.1, -0.05) is 18.2 Å². The van der Waals surface area contributed by atoms with Gasteiger partial charge in [0.2, 0.25) is 5.67 Å². The Balaban J connectivity index is 1.86. The highest BCUT2D eigenvalue weighted by molar-refractivity contribution is 7.92. The predicted octanol–water partition coefficient (Wildman–Crippen LogP) is 4.74. The summed E-state index contributed by atoms with van der Waals surface area (Å²) in [6.07, 6.45) is -5.07. The van der Waals surface area contributed by atoms with Gasteiger partial charge in [-0.3, -0.25) is 0 Å². The number of alkyl halides is 4. The van der Waals surface area contributed by atoms with Crippen LogP contribution in [0.3, 0.4) is 0 Å². The maximum Gasteiger partial charge on any atom is 0.426 e. The molecular formula is C26H29F5N2O4S. The molecule has 2 aromatic carbocycles. The van der Waals surface area contributed by atoms with E-state index in [0.717, 1.165) is 36.4 Å². The zero-order chi connectivity index (χ0) is 28.3. The number of fused-ring (bicyclic) bond motifs is 3. The third-order valence-electron chi connectivity index (χ3n) is 7.50. The van der Waals surface area contributed by atoms with E-state index in [0.29, 0.717) is 6.92 Å². The van der Waals surface area contributed by atoms with Crippen LogP contribution in [0.2, 0.25) is 0 Å². The molecule has 6 nitrogen and oxygen atoms in total. The second-order valence-corrected chi connectivity index (χ2v) is 12.9. The van der Waals surface area contributed by atoms with Gasteiger partial charge in [-0.05, 0) is 81.0 Å². The number of nitrogens with zero attached hydrogens (tertiary/aromatic N) is 1. The number of carbonyl (C=O) groups is 1. The summed E-state index contributed by atoms with van der Waals surface area (Å²) in [5.74, 6) is -0.653. The Morgan fingerprint density at radius 1 is 1.11 bits per heavy atom. The maximum absolute atomic E-state index is 14.8. The molecule has 1 saturated heterocycles. The lowest BCUT2D eigenvalue weighted by Gasteiger charge is -2.43. The number of likely N-dealkylation sites (tertiary alicyclic amines) is 1. The number of aryl methyl sites for hydroxylation is 1. The average molecular weight is 561 g/mol. The predicted molar refractivity (Wildman–Crippen MR) is 129 cm³/mol. The summed E-state index contributed by atoms with van der Waals surface area (Å²) >= 11 is 0. The molecule has 208 valence electrons. The number of sulfone groups is 1. The summed E-state index contributed by atoms with van der Waals surface area (Å²) in [5.41, 5.74) is -5.08. The van der Waals surface area contributed by atoms with Gasteiger partial charge in [-0.25, -0.2) is 22.0 Å². The third-order valence-corrected chi connectivity index (χ3v) is 10.0. The molecule has 0 aromatic heterocycles. The van der Waals surface area contributed by atoms with Crippen molar-refractivity contribution in [2.45, 2.75) is 73.2 Å². The van der Waals surface area contributed by atoms with Crippen LogP contribution in [-0.2, 0) is 26.7 Å². The fourth-order valence-corrected chi connectivity index (χ4v) is 7.81. The highest BCUT2D eigenvalue weighted by Crippen LogP contribution is 2.53. The largest absolute Gasteiger partial charge is 0.426 e. The molecule has 1 heterocycles. The van der Waals surface area contributed by atoms with Crippen LogP contribution >= 0.6 is 0 Å². The van der Waals surface area contributed by atoms with Crippen LogP contribution in [0, 0.1) is 5.82 Å². The molecule has 12 heteroatoms. The topological polar surface area (TPSA) is 86.7 Å². The number of hydrogen-bond donors (Lipinski definition) is 2. The van der Waals surface area contributed by atoms with Gasteiger partial charge in [0.15, 0.2) is 9.84 Å². The lowest BCUT2D eigenvalue weighted by Crippen LogP contribution is -2.55. The molecule has 0 saturated carbocycles. The molecule has 2 aromatic rings. The number of amides is 2. The normalized spacial score (nSPS) is 23.4. The third kappa shape index (κ3) is 4.55. The SMILES string of the molecule is CC(C)(O)CNC(=O)N1CC[C@@]2(S(=O)(=O)c3ccc(F)cc3)c3ccc(C(C)(F)C(F)(F)F)cc3CC[C@@H]12. The minimum absolute atomic E-state index is 0.00729. The smallest absolute Gasteiger partial charge is 0.389 e. The number of nitrogens with one attached hydrogen (secondary N) is 1. The second-order valence-electron chi connectivity index (χ2n) is 10.7. The fraction of sp³-hybridized carbons (Fsp3) is 0.500. The zero-order valence-electron chi connectivity index (χ0n) is 21.1. The van der Waals surface area contributed by atoms with Gasteiger partial charge in [0.1, 0.15) is 10.6 Å². The van der Waals surface area contributed by atoms with Crippen LogP contribution in [0.5, 0.6) is 0 Å². The van der Waals surface area contributed by atoms with Crippen molar-refractivity contribution in [1.82, 2.24) is 10.2 Å². The summed E-state index contributed by atoms with van der Waals surface area (Å²) in [7, 11) is -4.33. The van der Waals surface area contributed by atoms with E-state index < -0.39 is 55.5 Å². The van der Waals surface area contributed by atoms with Gasteiger partial charge in [0.05, 0.1) is 16.5 Å². The standard InChI is InChI=1S/C26H29F5N2O4S/c1-23(2,35)15-32-22(34)33-13-12-25(38(36,37)19-8-6-18(27)7-9-19)20-10-5-17(24(3,28)26(29,30)31)14-16(20)4-11-21(25)33/h5-10,14,21,35H,4,11-13,15H2,1-3H3,(H,32,34)/t21-,24?,25-/m1/s1. The first-order valence-electron chi connectivity index (χ1n) is 12.1. The maximum atomic E-state index is 14.8. The number of aliphatic hydroxyl groups is 1. The molecular weight excluding hydrogens is 531 g/mol. The highest BCUT2D eigenvalue weighted by atomic mass is 32.2. The van der Waals surface area contributed by atoms with E-state index >= 15 is 0 Å². The van der Waals surface area contributed by atoms with E-state index in [1.807, 2.05) is 0 Å². The van der Waals surface area contributed by atoms with Crippen molar-refractivity contribution in [2.75, 3.05) is 13.1 Å². The van der Waals surface area contributed by atoms with Gasteiger partial charge in [0, 0.05) is 13.1 Å². The lowest BCUT2D eigenvalue weighted by molar-refractivity contribution is -0.228. The monoisotopic (exact) mass is 560 g/mol. The second kappa shape index (κ2) is 9.18.